The summed E-state index contributed by atoms with van der Waals surface area (Å²) in [5.41, 5.74) is 1.86. The number of benzene rings is 1. The van der Waals surface area contributed by atoms with Crippen molar-refractivity contribution < 1.29 is 9.53 Å². The van der Waals surface area contributed by atoms with Crippen LogP contribution in [0.5, 0.6) is 5.75 Å². The van der Waals surface area contributed by atoms with Crippen molar-refractivity contribution in [3.8, 4) is 5.75 Å². The molecule has 2 aromatic rings. The Hall–Kier alpha value is -1.59. The van der Waals surface area contributed by atoms with Gasteiger partial charge in [-0.15, -0.1) is 11.3 Å². The molecule has 4 nitrogen and oxygen atoms in total. The van der Waals surface area contributed by atoms with Gasteiger partial charge in [-0.1, -0.05) is 11.6 Å². The monoisotopic (exact) mass is 336 g/mol. The molecule has 22 heavy (non-hydrogen) atoms. The van der Waals surface area contributed by atoms with Gasteiger partial charge in [0.05, 0.1) is 22.8 Å². The minimum absolute atomic E-state index is 0.00627. The van der Waals surface area contributed by atoms with Crippen LogP contribution in [0, 0.1) is 12.8 Å². The zero-order chi connectivity index (χ0) is 15.7. The van der Waals surface area contributed by atoms with Gasteiger partial charge in [0.25, 0.3) is 0 Å². The second-order valence-electron chi connectivity index (χ2n) is 5.38. The zero-order valence-corrected chi connectivity index (χ0v) is 14.1. The lowest BCUT2D eigenvalue weighted by molar-refractivity contribution is -0.120. The summed E-state index contributed by atoms with van der Waals surface area (Å²) in [6.07, 6.45) is 2.49. The second kappa shape index (κ2) is 6.26. The lowest BCUT2D eigenvalue weighted by atomic mass is 9.90. The number of hydrogen-bond acceptors (Lipinski definition) is 4. The number of amides is 1. The number of ether oxygens (including phenoxy) is 1. The number of nitrogens with zero attached hydrogens (tertiary/aromatic N) is 1. The standard InChI is InChI=1S/C16H17ClN2O2S/c1-9-18-13-5-3-10(7-15(13)22-9)16(20)19-11-4-6-14(21-2)12(17)8-11/h4,6,8,10H,3,5,7H2,1-2H3,(H,19,20). The smallest absolute Gasteiger partial charge is 0.227 e. The number of methoxy groups -OCH3 is 1. The molecule has 0 fully saturated rings. The van der Waals surface area contributed by atoms with Gasteiger partial charge >= 0.3 is 0 Å². The van der Waals surface area contributed by atoms with Crippen molar-refractivity contribution in [3.63, 3.8) is 0 Å². The molecule has 0 spiro atoms. The van der Waals surface area contributed by atoms with Crippen LogP contribution in [0.4, 0.5) is 5.69 Å². The fraction of sp³-hybridized carbons (Fsp3) is 0.375. The number of carbonyl (C=O) groups is 1. The summed E-state index contributed by atoms with van der Waals surface area (Å²) in [4.78, 5) is 18.2. The first-order valence-corrected chi connectivity index (χ1v) is 8.36. The Morgan fingerprint density at radius 1 is 1.50 bits per heavy atom. The third-order valence-corrected chi connectivity index (χ3v) is 5.17. The maximum atomic E-state index is 12.4. The highest BCUT2D eigenvalue weighted by Crippen LogP contribution is 2.31. The normalized spacial score (nSPS) is 17.0. The first-order chi connectivity index (χ1) is 10.6. The Morgan fingerprint density at radius 3 is 3.05 bits per heavy atom. The Balaban J connectivity index is 1.69. The van der Waals surface area contributed by atoms with Gasteiger partial charge in [0, 0.05) is 16.5 Å². The van der Waals surface area contributed by atoms with Crippen LogP contribution in [-0.4, -0.2) is 18.0 Å². The van der Waals surface area contributed by atoms with Crippen LogP contribution in [0.1, 0.15) is 22.0 Å². The predicted molar refractivity (Wildman–Crippen MR) is 89.0 cm³/mol. The van der Waals surface area contributed by atoms with E-state index in [4.69, 9.17) is 16.3 Å². The van der Waals surface area contributed by atoms with Gasteiger partial charge in [0.15, 0.2) is 0 Å². The number of fused-ring (bicyclic) bond motifs is 1. The van der Waals surface area contributed by atoms with Gasteiger partial charge in [-0.25, -0.2) is 4.98 Å². The fourth-order valence-corrected chi connectivity index (χ4v) is 4.04. The minimum Gasteiger partial charge on any atom is -0.495 e. The molecule has 1 amide bonds. The van der Waals surface area contributed by atoms with E-state index in [1.807, 2.05) is 6.92 Å². The number of rotatable bonds is 3. The van der Waals surface area contributed by atoms with Gasteiger partial charge in [0.1, 0.15) is 5.75 Å². The molecule has 0 saturated carbocycles. The molecule has 0 radical (unpaired) electrons. The molecule has 0 bridgehead atoms. The van der Waals surface area contributed by atoms with Crippen LogP contribution >= 0.6 is 22.9 Å². The SMILES string of the molecule is COc1ccc(NC(=O)C2CCc3nc(C)sc3C2)cc1Cl. The average molecular weight is 337 g/mol. The third kappa shape index (κ3) is 3.10. The second-order valence-corrected chi connectivity index (χ2v) is 7.08. The van der Waals surface area contributed by atoms with Gasteiger partial charge < -0.3 is 10.1 Å². The summed E-state index contributed by atoms with van der Waals surface area (Å²) in [6.45, 7) is 2.01. The molecule has 1 heterocycles. The van der Waals surface area contributed by atoms with Crippen molar-refractivity contribution >= 4 is 34.5 Å². The molecule has 1 unspecified atom stereocenters. The summed E-state index contributed by atoms with van der Waals surface area (Å²) in [5, 5.41) is 4.51. The lowest BCUT2D eigenvalue weighted by Gasteiger charge is -2.20. The molecule has 1 aromatic heterocycles. The van der Waals surface area contributed by atoms with E-state index < -0.39 is 0 Å². The Morgan fingerprint density at radius 2 is 2.32 bits per heavy atom. The van der Waals surface area contributed by atoms with Crippen molar-refractivity contribution in [1.29, 1.82) is 0 Å². The van der Waals surface area contributed by atoms with E-state index in [9.17, 15) is 4.79 Å². The summed E-state index contributed by atoms with van der Waals surface area (Å²) >= 11 is 7.78. The average Bonchev–Trinajstić information content (AvgIpc) is 2.86. The highest BCUT2D eigenvalue weighted by molar-refractivity contribution is 7.11. The van der Waals surface area contributed by atoms with E-state index in [1.54, 1.807) is 36.6 Å². The molecule has 1 atom stereocenters. The maximum Gasteiger partial charge on any atom is 0.227 e. The molecule has 1 aromatic carbocycles. The molecular formula is C16H17ClN2O2S. The largest absolute Gasteiger partial charge is 0.495 e. The first kappa shape index (κ1) is 15.3. The number of anilines is 1. The van der Waals surface area contributed by atoms with Gasteiger partial charge in [-0.05, 0) is 44.4 Å². The summed E-state index contributed by atoms with van der Waals surface area (Å²) < 4.78 is 5.11. The number of halogens is 1. The highest BCUT2D eigenvalue weighted by atomic mass is 35.5. The van der Waals surface area contributed by atoms with Crippen molar-refractivity contribution in [2.45, 2.75) is 26.2 Å². The summed E-state index contributed by atoms with van der Waals surface area (Å²) in [7, 11) is 1.57. The molecule has 1 N–H and O–H groups in total. The fourth-order valence-electron chi connectivity index (χ4n) is 2.72. The van der Waals surface area contributed by atoms with Crippen molar-refractivity contribution in [2.75, 3.05) is 12.4 Å². The summed E-state index contributed by atoms with van der Waals surface area (Å²) in [5.74, 6) is 0.633. The topological polar surface area (TPSA) is 51.2 Å². The molecule has 6 heteroatoms. The third-order valence-electron chi connectivity index (χ3n) is 3.84. The van der Waals surface area contributed by atoms with E-state index in [0.29, 0.717) is 16.5 Å². The van der Waals surface area contributed by atoms with Crippen LogP contribution in [0.3, 0.4) is 0 Å². The van der Waals surface area contributed by atoms with E-state index in [1.165, 1.54) is 10.6 Å². The first-order valence-electron chi connectivity index (χ1n) is 7.16. The van der Waals surface area contributed by atoms with E-state index in [2.05, 4.69) is 10.3 Å². The number of aromatic nitrogens is 1. The number of aryl methyl sites for hydroxylation is 2. The lowest BCUT2D eigenvalue weighted by Crippen LogP contribution is -2.27. The van der Waals surface area contributed by atoms with Gasteiger partial charge in [-0.2, -0.15) is 0 Å². The number of thiazole rings is 1. The molecule has 3 rings (SSSR count). The number of hydrogen-bond donors (Lipinski definition) is 1. The molecule has 0 aliphatic heterocycles. The quantitative estimate of drug-likeness (QED) is 0.926. The number of nitrogens with one attached hydrogen (secondary N) is 1. The van der Waals surface area contributed by atoms with Gasteiger partial charge in [-0.3, -0.25) is 4.79 Å². The van der Waals surface area contributed by atoms with Crippen LogP contribution in [0.15, 0.2) is 18.2 Å². The summed E-state index contributed by atoms with van der Waals surface area (Å²) in [6, 6.07) is 5.26. The van der Waals surface area contributed by atoms with Crippen LogP contribution < -0.4 is 10.1 Å². The molecule has 1 aliphatic rings. The van der Waals surface area contributed by atoms with Crippen LogP contribution in [0.25, 0.3) is 0 Å². The Kier molecular flexibility index (Phi) is 4.36. The van der Waals surface area contributed by atoms with Crippen molar-refractivity contribution in [3.05, 3.63) is 38.8 Å². The molecular weight excluding hydrogens is 320 g/mol. The number of carbonyl (C=O) groups excluding carboxylic acids is 1. The highest BCUT2D eigenvalue weighted by Gasteiger charge is 2.27. The molecule has 116 valence electrons. The minimum atomic E-state index is -0.00627. The zero-order valence-electron chi connectivity index (χ0n) is 12.5. The maximum absolute atomic E-state index is 12.4. The van der Waals surface area contributed by atoms with E-state index >= 15 is 0 Å². The molecule has 0 saturated heterocycles. The van der Waals surface area contributed by atoms with E-state index in [-0.39, 0.29) is 11.8 Å². The Bertz CT molecular complexity index is 714. The van der Waals surface area contributed by atoms with Crippen molar-refractivity contribution in [1.82, 2.24) is 4.98 Å². The predicted octanol–water partition coefficient (Wildman–Crippen LogP) is 3.86. The Labute approximate surface area is 138 Å². The van der Waals surface area contributed by atoms with Crippen LogP contribution in [-0.2, 0) is 17.6 Å². The van der Waals surface area contributed by atoms with Crippen LogP contribution in [0.2, 0.25) is 5.02 Å². The molecule has 1 aliphatic carbocycles. The van der Waals surface area contributed by atoms with Crippen molar-refractivity contribution in [2.24, 2.45) is 5.92 Å². The van der Waals surface area contributed by atoms with E-state index in [0.717, 1.165) is 24.3 Å². The van der Waals surface area contributed by atoms with Gasteiger partial charge in [0.2, 0.25) is 5.91 Å².